The van der Waals surface area contributed by atoms with Gasteiger partial charge < -0.3 is 11.1 Å². The van der Waals surface area contributed by atoms with Gasteiger partial charge in [0.1, 0.15) is 4.99 Å². The average Bonchev–Trinajstić information content (AvgIpc) is 2.71. The number of nitrogens with one attached hydrogen (secondary N) is 1. The third-order valence-corrected chi connectivity index (χ3v) is 5.18. The van der Waals surface area contributed by atoms with E-state index in [9.17, 15) is 0 Å². The van der Waals surface area contributed by atoms with Crippen LogP contribution in [0.1, 0.15) is 10.4 Å². The van der Waals surface area contributed by atoms with Crippen molar-refractivity contribution in [2.24, 2.45) is 5.73 Å². The molecule has 1 aromatic carbocycles. The van der Waals surface area contributed by atoms with Crippen molar-refractivity contribution in [2.45, 2.75) is 6.54 Å². The lowest BCUT2D eigenvalue weighted by molar-refractivity contribution is 1.18. The van der Waals surface area contributed by atoms with Crippen LogP contribution in [-0.4, -0.2) is 4.99 Å². The van der Waals surface area contributed by atoms with E-state index < -0.39 is 0 Å². The van der Waals surface area contributed by atoms with E-state index >= 15 is 0 Å². The molecule has 2 aromatic rings. The largest absolute Gasteiger partial charge is 0.389 e. The number of thiocarbonyl (C=S) groups is 1. The summed E-state index contributed by atoms with van der Waals surface area (Å²) in [5.41, 5.74) is 7.54. The van der Waals surface area contributed by atoms with Crippen LogP contribution < -0.4 is 11.1 Å². The Hall–Kier alpha value is -0.430. The standard InChI is InChI=1S/C12H10Br2N2S2/c13-7-4-5-18-10(7)6-16-9-3-1-2-8(14)11(9)12(15)17/h1-5,16H,6H2,(H2,15,17). The zero-order valence-corrected chi connectivity index (χ0v) is 14.0. The molecule has 0 atom stereocenters. The zero-order valence-electron chi connectivity index (χ0n) is 9.24. The van der Waals surface area contributed by atoms with Crippen LogP contribution in [0.2, 0.25) is 0 Å². The fourth-order valence-corrected chi connectivity index (χ4v) is 3.91. The first-order valence-corrected chi connectivity index (χ1v) is 8.01. The van der Waals surface area contributed by atoms with E-state index in [-0.39, 0.29) is 0 Å². The Balaban J connectivity index is 2.22. The molecule has 2 nitrogen and oxygen atoms in total. The van der Waals surface area contributed by atoms with Gasteiger partial charge in [-0.2, -0.15) is 0 Å². The monoisotopic (exact) mass is 404 g/mol. The highest BCUT2D eigenvalue weighted by Crippen LogP contribution is 2.27. The summed E-state index contributed by atoms with van der Waals surface area (Å²) in [7, 11) is 0. The lowest BCUT2D eigenvalue weighted by Crippen LogP contribution is -2.14. The van der Waals surface area contributed by atoms with E-state index in [0.717, 1.165) is 26.7 Å². The van der Waals surface area contributed by atoms with Gasteiger partial charge in [-0.25, -0.2) is 0 Å². The molecule has 0 fully saturated rings. The number of nitrogens with two attached hydrogens (primary N) is 1. The van der Waals surface area contributed by atoms with Gasteiger partial charge in [0.2, 0.25) is 0 Å². The molecule has 0 unspecified atom stereocenters. The van der Waals surface area contributed by atoms with Crippen LogP contribution in [0.3, 0.4) is 0 Å². The van der Waals surface area contributed by atoms with Crippen LogP contribution in [0, 0.1) is 0 Å². The van der Waals surface area contributed by atoms with E-state index in [1.807, 2.05) is 24.3 Å². The number of halogens is 2. The number of anilines is 1. The Labute approximate surface area is 132 Å². The molecule has 2 rings (SSSR count). The van der Waals surface area contributed by atoms with Crippen molar-refractivity contribution in [1.82, 2.24) is 0 Å². The highest BCUT2D eigenvalue weighted by molar-refractivity contribution is 9.10. The summed E-state index contributed by atoms with van der Waals surface area (Å²) in [5.74, 6) is 0. The van der Waals surface area contributed by atoms with E-state index in [1.165, 1.54) is 4.88 Å². The van der Waals surface area contributed by atoms with Crippen LogP contribution in [0.4, 0.5) is 5.69 Å². The summed E-state index contributed by atoms with van der Waals surface area (Å²) in [5, 5.41) is 5.41. The predicted octanol–water partition coefficient (Wildman–Crippen LogP) is 4.52. The number of rotatable bonds is 4. The summed E-state index contributed by atoms with van der Waals surface area (Å²) in [6.07, 6.45) is 0. The van der Waals surface area contributed by atoms with Crippen LogP contribution in [0.15, 0.2) is 38.6 Å². The summed E-state index contributed by atoms with van der Waals surface area (Å²) in [6.45, 7) is 0.740. The fraction of sp³-hybridized carbons (Fsp3) is 0.0833. The summed E-state index contributed by atoms with van der Waals surface area (Å²) < 4.78 is 2.03. The molecule has 1 aromatic heterocycles. The Morgan fingerprint density at radius 1 is 1.28 bits per heavy atom. The number of benzene rings is 1. The Kier molecular flexibility index (Phi) is 4.77. The van der Waals surface area contributed by atoms with E-state index in [2.05, 4.69) is 42.6 Å². The second-order valence-corrected chi connectivity index (χ2v) is 6.72. The van der Waals surface area contributed by atoms with Gasteiger partial charge in [0.25, 0.3) is 0 Å². The molecule has 0 spiro atoms. The van der Waals surface area contributed by atoms with Crippen molar-refractivity contribution in [3.05, 3.63) is 49.0 Å². The molecule has 0 aliphatic heterocycles. The second-order valence-electron chi connectivity index (χ2n) is 3.57. The Morgan fingerprint density at radius 2 is 2.06 bits per heavy atom. The third-order valence-electron chi connectivity index (χ3n) is 2.39. The topological polar surface area (TPSA) is 38.0 Å². The quantitative estimate of drug-likeness (QED) is 0.734. The van der Waals surface area contributed by atoms with Crippen LogP contribution in [-0.2, 0) is 6.54 Å². The molecule has 0 radical (unpaired) electrons. The van der Waals surface area contributed by atoms with Gasteiger partial charge in [0.15, 0.2) is 0 Å². The summed E-state index contributed by atoms with van der Waals surface area (Å²) in [6, 6.07) is 7.90. The van der Waals surface area contributed by atoms with Crippen molar-refractivity contribution >= 4 is 66.1 Å². The maximum atomic E-state index is 5.75. The first-order chi connectivity index (χ1) is 8.59. The molecule has 94 valence electrons. The lowest BCUT2D eigenvalue weighted by Gasteiger charge is -2.12. The second kappa shape index (κ2) is 6.14. The molecule has 18 heavy (non-hydrogen) atoms. The molecule has 3 N–H and O–H groups in total. The highest BCUT2D eigenvalue weighted by Gasteiger charge is 2.09. The molecule has 0 aliphatic rings. The normalized spacial score (nSPS) is 10.3. The summed E-state index contributed by atoms with van der Waals surface area (Å²) >= 11 is 13.8. The highest BCUT2D eigenvalue weighted by atomic mass is 79.9. The van der Waals surface area contributed by atoms with E-state index in [4.69, 9.17) is 18.0 Å². The molecule has 0 amide bonds. The Morgan fingerprint density at radius 3 is 2.67 bits per heavy atom. The predicted molar refractivity (Wildman–Crippen MR) is 89.4 cm³/mol. The number of hydrogen-bond acceptors (Lipinski definition) is 3. The molecule has 0 saturated heterocycles. The SMILES string of the molecule is NC(=S)c1c(Br)cccc1NCc1sccc1Br. The van der Waals surface area contributed by atoms with Gasteiger partial charge in [0.05, 0.1) is 6.54 Å². The molecule has 1 heterocycles. The van der Waals surface area contributed by atoms with Gasteiger partial charge in [-0.1, -0.05) is 18.3 Å². The first-order valence-electron chi connectivity index (χ1n) is 5.13. The zero-order chi connectivity index (χ0) is 13.1. The van der Waals surface area contributed by atoms with Crippen LogP contribution in [0.5, 0.6) is 0 Å². The van der Waals surface area contributed by atoms with Crippen molar-refractivity contribution in [3.63, 3.8) is 0 Å². The van der Waals surface area contributed by atoms with E-state index in [1.54, 1.807) is 11.3 Å². The number of thiophene rings is 1. The Bertz CT molecular complexity index is 581. The average molecular weight is 406 g/mol. The maximum absolute atomic E-state index is 5.75. The van der Waals surface area contributed by atoms with Crippen molar-refractivity contribution in [2.75, 3.05) is 5.32 Å². The van der Waals surface area contributed by atoms with Crippen LogP contribution in [0.25, 0.3) is 0 Å². The minimum absolute atomic E-state index is 0.384. The summed E-state index contributed by atoms with van der Waals surface area (Å²) in [4.78, 5) is 1.62. The molecular weight excluding hydrogens is 396 g/mol. The molecular formula is C12H10Br2N2S2. The maximum Gasteiger partial charge on any atom is 0.107 e. The third kappa shape index (κ3) is 3.12. The minimum atomic E-state index is 0.384. The first kappa shape index (κ1) is 14.0. The minimum Gasteiger partial charge on any atom is -0.389 e. The van der Waals surface area contributed by atoms with Gasteiger partial charge in [0, 0.05) is 25.1 Å². The molecule has 0 saturated carbocycles. The van der Waals surface area contributed by atoms with Gasteiger partial charge >= 0.3 is 0 Å². The molecule has 0 bridgehead atoms. The van der Waals surface area contributed by atoms with Gasteiger partial charge in [-0.3, -0.25) is 0 Å². The van der Waals surface area contributed by atoms with Crippen molar-refractivity contribution in [3.8, 4) is 0 Å². The van der Waals surface area contributed by atoms with Crippen molar-refractivity contribution < 1.29 is 0 Å². The number of hydrogen-bond donors (Lipinski definition) is 2. The molecule has 0 aliphatic carbocycles. The lowest BCUT2D eigenvalue weighted by atomic mass is 10.2. The van der Waals surface area contributed by atoms with Gasteiger partial charge in [-0.15, -0.1) is 11.3 Å². The smallest absolute Gasteiger partial charge is 0.107 e. The van der Waals surface area contributed by atoms with Crippen molar-refractivity contribution in [1.29, 1.82) is 0 Å². The van der Waals surface area contributed by atoms with E-state index in [0.29, 0.717) is 4.99 Å². The van der Waals surface area contributed by atoms with Crippen LogP contribution >= 0.6 is 55.4 Å². The fourth-order valence-electron chi connectivity index (χ4n) is 1.55. The molecule has 6 heteroatoms. The van der Waals surface area contributed by atoms with Gasteiger partial charge in [-0.05, 0) is 55.4 Å².